The maximum absolute atomic E-state index is 13.7. The van der Waals surface area contributed by atoms with Gasteiger partial charge in [0, 0.05) is 23.5 Å². The molecule has 2 rings (SSSR count). The first-order valence-electron chi connectivity index (χ1n) is 11.2. The number of alkyl halides is 1. The Bertz CT molecular complexity index is 869. The van der Waals surface area contributed by atoms with Crippen LogP contribution in [0.3, 0.4) is 0 Å². The van der Waals surface area contributed by atoms with Crippen LogP contribution in [0, 0.1) is 6.92 Å². The standard InChI is InChI=1S/C25H37FN4O2/c1-7-9-10-22(31-8-2)23-20(21(27-6)11-12-29-23)16-28-14-19-13-18(3)24(30-15-19)32-17-25(4,5)26/h10-13,15-16,21,27,29H,7-9,14,17H2,1-6H3/b22-10+,28-16?. The third-order valence-corrected chi connectivity index (χ3v) is 4.76. The fraction of sp³-hybridized carbons (Fsp3) is 0.520. The van der Waals surface area contributed by atoms with Gasteiger partial charge in [-0.1, -0.05) is 13.3 Å². The van der Waals surface area contributed by atoms with Crippen LogP contribution in [0.5, 0.6) is 5.88 Å². The highest BCUT2D eigenvalue weighted by Gasteiger charge is 2.20. The van der Waals surface area contributed by atoms with Gasteiger partial charge in [0.05, 0.1) is 24.9 Å². The van der Waals surface area contributed by atoms with E-state index in [-0.39, 0.29) is 12.6 Å². The van der Waals surface area contributed by atoms with Crippen LogP contribution in [0.2, 0.25) is 0 Å². The molecule has 176 valence electrons. The quantitative estimate of drug-likeness (QED) is 0.359. The molecule has 1 atom stereocenters. The topological polar surface area (TPSA) is 67.8 Å². The van der Waals surface area contributed by atoms with E-state index in [2.05, 4.69) is 39.7 Å². The van der Waals surface area contributed by atoms with Crippen molar-refractivity contribution in [3.05, 3.63) is 58.8 Å². The second kappa shape index (κ2) is 12.4. The van der Waals surface area contributed by atoms with Gasteiger partial charge < -0.3 is 20.1 Å². The molecule has 0 amide bonds. The molecule has 1 aromatic heterocycles. The van der Waals surface area contributed by atoms with Gasteiger partial charge in [0.1, 0.15) is 18.0 Å². The number of nitrogens with zero attached hydrogens (tertiary/aromatic N) is 2. The van der Waals surface area contributed by atoms with Crippen molar-refractivity contribution in [3.8, 4) is 5.88 Å². The summed E-state index contributed by atoms with van der Waals surface area (Å²) in [6, 6.07) is 2.00. The van der Waals surface area contributed by atoms with E-state index in [4.69, 9.17) is 9.47 Å². The van der Waals surface area contributed by atoms with E-state index in [0.717, 1.165) is 41.0 Å². The molecular weight excluding hydrogens is 407 g/mol. The average molecular weight is 445 g/mol. The van der Waals surface area contributed by atoms with Crippen LogP contribution in [0.15, 0.2) is 52.6 Å². The maximum atomic E-state index is 13.7. The van der Waals surface area contributed by atoms with Crippen LogP contribution in [0.25, 0.3) is 0 Å². The fourth-order valence-corrected chi connectivity index (χ4v) is 3.19. The van der Waals surface area contributed by atoms with Gasteiger partial charge >= 0.3 is 0 Å². The summed E-state index contributed by atoms with van der Waals surface area (Å²) in [5, 5.41) is 6.64. The number of dihydropyridines is 1. The molecule has 2 heterocycles. The minimum atomic E-state index is -1.40. The number of unbranched alkanes of at least 4 members (excludes halogenated alkanes) is 1. The van der Waals surface area contributed by atoms with Gasteiger partial charge in [0.2, 0.25) is 5.88 Å². The van der Waals surface area contributed by atoms with Crippen molar-refractivity contribution >= 4 is 6.21 Å². The van der Waals surface area contributed by atoms with Crippen molar-refractivity contribution < 1.29 is 13.9 Å². The number of hydrogen-bond donors (Lipinski definition) is 2. The highest BCUT2D eigenvalue weighted by Crippen LogP contribution is 2.22. The van der Waals surface area contributed by atoms with Gasteiger partial charge in [-0.25, -0.2) is 9.37 Å². The summed E-state index contributed by atoms with van der Waals surface area (Å²) in [6.45, 7) is 10.0. The summed E-state index contributed by atoms with van der Waals surface area (Å²) in [6.07, 6.45) is 11.7. The maximum Gasteiger partial charge on any atom is 0.216 e. The Labute approximate surface area is 191 Å². The van der Waals surface area contributed by atoms with Gasteiger partial charge in [-0.2, -0.15) is 0 Å². The normalized spacial score (nSPS) is 17.1. The van der Waals surface area contributed by atoms with Crippen LogP contribution in [-0.4, -0.2) is 43.2 Å². The first-order chi connectivity index (χ1) is 15.3. The second-order valence-electron chi connectivity index (χ2n) is 8.33. The van der Waals surface area contributed by atoms with Crippen molar-refractivity contribution in [2.45, 2.75) is 65.7 Å². The minimum Gasteiger partial charge on any atom is -0.492 e. The van der Waals surface area contributed by atoms with Gasteiger partial charge in [0.25, 0.3) is 0 Å². The molecule has 1 aliphatic rings. The van der Waals surface area contributed by atoms with E-state index in [1.807, 2.05) is 39.4 Å². The number of aryl methyl sites for hydroxylation is 1. The summed E-state index contributed by atoms with van der Waals surface area (Å²) in [7, 11) is 1.92. The number of aliphatic imine (C=N–C) groups is 1. The minimum absolute atomic E-state index is 0.0279. The van der Waals surface area contributed by atoms with Gasteiger partial charge in [-0.15, -0.1) is 0 Å². The first kappa shape index (κ1) is 25.6. The van der Waals surface area contributed by atoms with Crippen LogP contribution >= 0.6 is 0 Å². The second-order valence-corrected chi connectivity index (χ2v) is 8.33. The number of allylic oxidation sites excluding steroid dienone is 1. The number of rotatable bonds is 12. The molecule has 2 N–H and O–H groups in total. The Morgan fingerprint density at radius 2 is 2.16 bits per heavy atom. The molecule has 1 unspecified atom stereocenters. The van der Waals surface area contributed by atoms with E-state index >= 15 is 0 Å². The lowest BCUT2D eigenvalue weighted by molar-refractivity contribution is 0.117. The molecule has 0 radical (unpaired) electrons. The number of pyridine rings is 1. The number of hydrogen-bond acceptors (Lipinski definition) is 6. The fourth-order valence-electron chi connectivity index (χ4n) is 3.19. The molecule has 0 saturated heterocycles. The van der Waals surface area contributed by atoms with E-state index < -0.39 is 5.67 Å². The van der Waals surface area contributed by atoms with Gasteiger partial charge in [0.15, 0.2) is 0 Å². The first-order valence-corrected chi connectivity index (χ1v) is 11.2. The molecule has 1 aliphatic heterocycles. The molecule has 6 nitrogen and oxygen atoms in total. The summed E-state index contributed by atoms with van der Waals surface area (Å²) < 4.78 is 25.1. The average Bonchev–Trinajstić information content (AvgIpc) is 2.75. The van der Waals surface area contributed by atoms with E-state index in [9.17, 15) is 4.39 Å². The molecule has 0 aliphatic carbocycles. The number of likely N-dealkylation sites (N-methyl/N-ethyl adjacent to an activating group) is 1. The lowest BCUT2D eigenvalue weighted by Crippen LogP contribution is -2.33. The zero-order chi connectivity index (χ0) is 23.6. The van der Waals surface area contributed by atoms with Crippen molar-refractivity contribution in [1.29, 1.82) is 0 Å². The van der Waals surface area contributed by atoms with Crippen LogP contribution in [0.1, 0.15) is 51.7 Å². The molecular formula is C25H37FN4O2. The Kier molecular flexibility index (Phi) is 9.91. The van der Waals surface area contributed by atoms with Crippen molar-refractivity contribution in [3.63, 3.8) is 0 Å². The molecule has 32 heavy (non-hydrogen) atoms. The lowest BCUT2D eigenvalue weighted by Gasteiger charge is -2.24. The summed E-state index contributed by atoms with van der Waals surface area (Å²) in [5.41, 5.74) is 2.36. The van der Waals surface area contributed by atoms with Crippen molar-refractivity contribution in [1.82, 2.24) is 15.6 Å². The largest absolute Gasteiger partial charge is 0.492 e. The molecule has 7 heteroatoms. The Hall–Kier alpha value is -2.67. The summed E-state index contributed by atoms with van der Waals surface area (Å²) in [5.74, 6) is 1.29. The van der Waals surface area contributed by atoms with E-state index in [1.165, 1.54) is 13.8 Å². The lowest BCUT2D eigenvalue weighted by atomic mass is 10.0. The van der Waals surface area contributed by atoms with E-state index in [0.29, 0.717) is 19.0 Å². The number of aromatic nitrogens is 1. The number of ether oxygens (including phenoxy) is 2. The summed E-state index contributed by atoms with van der Waals surface area (Å²) >= 11 is 0. The smallest absolute Gasteiger partial charge is 0.216 e. The molecule has 0 fully saturated rings. The van der Waals surface area contributed by atoms with Gasteiger partial charge in [-0.05, 0) is 71.1 Å². The predicted molar refractivity (Wildman–Crippen MR) is 129 cm³/mol. The van der Waals surface area contributed by atoms with Crippen LogP contribution in [-0.2, 0) is 11.3 Å². The molecule has 1 aromatic rings. The SMILES string of the molecule is CCC/C=C(/OCC)C1=C(C=NCc2cnc(OCC(C)(C)F)c(C)c2)C(NC)C=CN1. The zero-order valence-corrected chi connectivity index (χ0v) is 20.2. The van der Waals surface area contributed by atoms with Crippen LogP contribution in [0.4, 0.5) is 4.39 Å². The van der Waals surface area contributed by atoms with Gasteiger partial charge in [-0.3, -0.25) is 4.99 Å². The Morgan fingerprint density at radius 1 is 1.38 bits per heavy atom. The molecule has 0 saturated carbocycles. The Morgan fingerprint density at radius 3 is 2.78 bits per heavy atom. The van der Waals surface area contributed by atoms with Crippen LogP contribution < -0.4 is 15.4 Å². The van der Waals surface area contributed by atoms with Crippen molar-refractivity contribution in [2.24, 2.45) is 4.99 Å². The molecule has 0 bridgehead atoms. The highest BCUT2D eigenvalue weighted by molar-refractivity contribution is 5.83. The Balaban J connectivity index is 2.20. The molecule has 0 spiro atoms. The molecule has 0 aromatic carbocycles. The number of halogens is 1. The third kappa shape index (κ3) is 7.79. The van der Waals surface area contributed by atoms with E-state index in [1.54, 1.807) is 6.20 Å². The third-order valence-electron chi connectivity index (χ3n) is 4.76. The zero-order valence-electron chi connectivity index (χ0n) is 20.2. The monoisotopic (exact) mass is 444 g/mol. The van der Waals surface area contributed by atoms with Crippen molar-refractivity contribution in [2.75, 3.05) is 20.3 Å². The number of nitrogens with one attached hydrogen (secondary N) is 2. The predicted octanol–water partition coefficient (Wildman–Crippen LogP) is 4.77. The highest BCUT2D eigenvalue weighted by atomic mass is 19.1. The summed E-state index contributed by atoms with van der Waals surface area (Å²) in [4.78, 5) is 9.01.